The molecule has 0 saturated carbocycles. The number of aryl methyl sites for hydroxylation is 1. The molecule has 0 bridgehead atoms. The molecule has 0 aliphatic carbocycles. The number of aliphatic hydroxyl groups is 1. The average Bonchev–Trinajstić information content (AvgIpc) is 2.26. The zero-order valence-electron chi connectivity index (χ0n) is 9.39. The molecular weight excluding hydrogens is 184 g/mol. The second-order valence-electron chi connectivity index (χ2n) is 3.82. The Balaban J connectivity index is 2.12. The molecule has 0 aromatic heterocycles. The normalized spacial score (nSPS) is 13.2. The van der Waals surface area contributed by atoms with Gasteiger partial charge in [-0.1, -0.05) is 48.9 Å². The molecule has 1 heteroatoms. The highest BCUT2D eigenvalue weighted by Crippen LogP contribution is 2.08. The molecule has 82 valence electrons. The number of rotatable bonds is 6. The Labute approximate surface area is 92.5 Å². The van der Waals surface area contributed by atoms with E-state index in [9.17, 15) is 5.11 Å². The zero-order chi connectivity index (χ0) is 10.9. The van der Waals surface area contributed by atoms with Gasteiger partial charge in [0.05, 0.1) is 6.10 Å². The number of aliphatic hydroxyl groups excluding tert-OH is 1. The van der Waals surface area contributed by atoms with Crippen LogP contribution in [0.15, 0.2) is 42.5 Å². The van der Waals surface area contributed by atoms with Gasteiger partial charge in [-0.05, 0) is 31.7 Å². The molecule has 0 spiro atoms. The van der Waals surface area contributed by atoms with Crippen LogP contribution in [0.1, 0.15) is 31.7 Å². The SMILES string of the molecule is C/C=C/[C@@H](O)CCCCc1ccccc1. The van der Waals surface area contributed by atoms with Crippen LogP contribution in [0.25, 0.3) is 0 Å². The molecule has 1 nitrogen and oxygen atoms in total. The Bertz CT molecular complexity index is 277. The number of hydrogen-bond acceptors (Lipinski definition) is 1. The van der Waals surface area contributed by atoms with Crippen molar-refractivity contribution in [1.82, 2.24) is 0 Å². The predicted molar refractivity (Wildman–Crippen MR) is 64.8 cm³/mol. The summed E-state index contributed by atoms with van der Waals surface area (Å²) in [5, 5.41) is 9.46. The third-order valence-electron chi connectivity index (χ3n) is 2.47. The molecule has 0 heterocycles. The van der Waals surface area contributed by atoms with Gasteiger partial charge in [-0.2, -0.15) is 0 Å². The van der Waals surface area contributed by atoms with E-state index >= 15 is 0 Å². The molecule has 1 N–H and O–H groups in total. The molecule has 0 radical (unpaired) electrons. The second kappa shape index (κ2) is 7.24. The van der Waals surface area contributed by atoms with E-state index in [0.29, 0.717) is 0 Å². The zero-order valence-corrected chi connectivity index (χ0v) is 9.39. The van der Waals surface area contributed by atoms with E-state index < -0.39 is 0 Å². The number of benzene rings is 1. The molecule has 0 saturated heterocycles. The number of unbranched alkanes of at least 4 members (excludes halogenated alkanes) is 1. The number of allylic oxidation sites excluding steroid dienone is 1. The lowest BCUT2D eigenvalue weighted by atomic mass is 10.1. The number of hydrogen-bond donors (Lipinski definition) is 1. The summed E-state index contributed by atoms with van der Waals surface area (Å²) >= 11 is 0. The van der Waals surface area contributed by atoms with Gasteiger partial charge in [0.1, 0.15) is 0 Å². The van der Waals surface area contributed by atoms with Crippen molar-refractivity contribution < 1.29 is 5.11 Å². The quantitative estimate of drug-likeness (QED) is 0.556. The molecule has 0 unspecified atom stereocenters. The first-order valence-electron chi connectivity index (χ1n) is 5.67. The molecule has 0 aliphatic rings. The summed E-state index contributed by atoms with van der Waals surface area (Å²) in [5.41, 5.74) is 1.39. The summed E-state index contributed by atoms with van der Waals surface area (Å²) in [4.78, 5) is 0. The van der Waals surface area contributed by atoms with Crippen molar-refractivity contribution in [3.63, 3.8) is 0 Å². The third-order valence-corrected chi connectivity index (χ3v) is 2.47. The van der Waals surface area contributed by atoms with Crippen molar-refractivity contribution in [2.75, 3.05) is 0 Å². The van der Waals surface area contributed by atoms with Gasteiger partial charge in [0, 0.05) is 0 Å². The molecule has 15 heavy (non-hydrogen) atoms. The lowest BCUT2D eigenvalue weighted by molar-refractivity contribution is 0.208. The molecule has 1 aromatic carbocycles. The summed E-state index contributed by atoms with van der Waals surface area (Å²) in [6.45, 7) is 1.94. The Morgan fingerprint density at radius 3 is 2.60 bits per heavy atom. The van der Waals surface area contributed by atoms with Gasteiger partial charge in [0.2, 0.25) is 0 Å². The maximum atomic E-state index is 9.46. The van der Waals surface area contributed by atoms with Gasteiger partial charge < -0.3 is 5.11 Å². The first-order chi connectivity index (χ1) is 7.33. The largest absolute Gasteiger partial charge is 0.389 e. The van der Waals surface area contributed by atoms with Crippen molar-refractivity contribution in [2.24, 2.45) is 0 Å². The highest BCUT2D eigenvalue weighted by molar-refractivity contribution is 5.14. The van der Waals surface area contributed by atoms with Gasteiger partial charge in [0.15, 0.2) is 0 Å². The highest BCUT2D eigenvalue weighted by Gasteiger charge is 1.98. The van der Waals surface area contributed by atoms with E-state index in [1.807, 2.05) is 25.1 Å². The van der Waals surface area contributed by atoms with Crippen molar-refractivity contribution in [2.45, 2.75) is 38.7 Å². The Hall–Kier alpha value is -1.08. The predicted octanol–water partition coefficient (Wildman–Crippen LogP) is 3.34. The summed E-state index contributed by atoms with van der Waals surface area (Å²) < 4.78 is 0. The molecule has 0 amide bonds. The lowest BCUT2D eigenvalue weighted by Crippen LogP contribution is -2.01. The fourth-order valence-corrected chi connectivity index (χ4v) is 1.65. The summed E-state index contributed by atoms with van der Waals surface area (Å²) in [6, 6.07) is 10.5. The van der Waals surface area contributed by atoms with Crippen molar-refractivity contribution in [1.29, 1.82) is 0 Å². The van der Waals surface area contributed by atoms with Crippen LogP contribution in [0.5, 0.6) is 0 Å². The van der Waals surface area contributed by atoms with Gasteiger partial charge in [-0.15, -0.1) is 0 Å². The Kier molecular flexibility index (Phi) is 5.79. The monoisotopic (exact) mass is 204 g/mol. The fraction of sp³-hybridized carbons (Fsp3) is 0.429. The van der Waals surface area contributed by atoms with Crippen LogP contribution in [0.2, 0.25) is 0 Å². The third kappa shape index (κ3) is 5.38. The van der Waals surface area contributed by atoms with Gasteiger partial charge in [-0.25, -0.2) is 0 Å². The van der Waals surface area contributed by atoms with Gasteiger partial charge in [0.25, 0.3) is 0 Å². The van der Waals surface area contributed by atoms with E-state index in [2.05, 4.69) is 24.3 Å². The Morgan fingerprint density at radius 1 is 1.20 bits per heavy atom. The first kappa shape index (κ1) is 12.0. The minimum absolute atomic E-state index is 0.259. The van der Waals surface area contributed by atoms with Crippen LogP contribution in [0.4, 0.5) is 0 Å². The van der Waals surface area contributed by atoms with E-state index in [1.165, 1.54) is 5.56 Å². The van der Waals surface area contributed by atoms with E-state index in [4.69, 9.17) is 0 Å². The Morgan fingerprint density at radius 2 is 1.93 bits per heavy atom. The second-order valence-corrected chi connectivity index (χ2v) is 3.82. The van der Waals surface area contributed by atoms with Crippen LogP contribution in [0, 0.1) is 0 Å². The van der Waals surface area contributed by atoms with E-state index in [0.717, 1.165) is 25.7 Å². The highest BCUT2D eigenvalue weighted by atomic mass is 16.3. The van der Waals surface area contributed by atoms with Crippen LogP contribution >= 0.6 is 0 Å². The minimum Gasteiger partial charge on any atom is -0.389 e. The minimum atomic E-state index is -0.259. The first-order valence-corrected chi connectivity index (χ1v) is 5.67. The topological polar surface area (TPSA) is 20.2 Å². The van der Waals surface area contributed by atoms with Gasteiger partial charge >= 0.3 is 0 Å². The maximum Gasteiger partial charge on any atom is 0.0720 e. The van der Waals surface area contributed by atoms with E-state index in [1.54, 1.807) is 0 Å². The van der Waals surface area contributed by atoms with Crippen LogP contribution in [-0.2, 0) is 6.42 Å². The van der Waals surface area contributed by atoms with Crippen molar-refractivity contribution >= 4 is 0 Å². The van der Waals surface area contributed by atoms with Crippen molar-refractivity contribution in [3.05, 3.63) is 48.0 Å². The summed E-state index contributed by atoms with van der Waals surface area (Å²) in [6.07, 6.45) is 7.72. The summed E-state index contributed by atoms with van der Waals surface area (Å²) in [5.74, 6) is 0. The molecule has 0 fully saturated rings. The molecule has 0 aliphatic heterocycles. The standard InChI is InChI=1S/C14H20O/c1-2-8-14(15)12-7-6-11-13-9-4-3-5-10-13/h2-5,8-10,14-15H,6-7,11-12H2,1H3/b8-2+/t14-/m1/s1. The van der Waals surface area contributed by atoms with Crippen LogP contribution < -0.4 is 0 Å². The van der Waals surface area contributed by atoms with E-state index in [-0.39, 0.29) is 6.10 Å². The molecule has 1 atom stereocenters. The van der Waals surface area contributed by atoms with Crippen molar-refractivity contribution in [3.8, 4) is 0 Å². The smallest absolute Gasteiger partial charge is 0.0720 e. The average molecular weight is 204 g/mol. The summed E-state index contributed by atoms with van der Waals surface area (Å²) in [7, 11) is 0. The maximum absolute atomic E-state index is 9.46. The lowest BCUT2D eigenvalue weighted by Gasteiger charge is -2.05. The molecular formula is C14H20O. The fourth-order valence-electron chi connectivity index (χ4n) is 1.65. The van der Waals surface area contributed by atoms with Crippen LogP contribution in [-0.4, -0.2) is 11.2 Å². The van der Waals surface area contributed by atoms with Gasteiger partial charge in [-0.3, -0.25) is 0 Å². The molecule has 1 rings (SSSR count). The molecule has 1 aromatic rings. The van der Waals surface area contributed by atoms with Crippen LogP contribution in [0.3, 0.4) is 0 Å².